The summed E-state index contributed by atoms with van der Waals surface area (Å²) in [5.74, 6) is -1.63. The number of hydrogen-bond acceptors (Lipinski definition) is 5. The third-order valence-electron chi connectivity index (χ3n) is 8.15. The van der Waals surface area contributed by atoms with E-state index >= 15 is 0 Å². The summed E-state index contributed by atoms with van der Waals surface area (Å²) in [7, 11) is -3.99. The lowest BCUT2D eigenvalue weighted by molar-refractivity contribution is -0.141. The molecule has 1 heterocycles. The van der Waals surface area contributed by atoms with Crippen LogP contribution in [0.3, 0.4) is 0 Å². The molecule has 1 fully saturated rings. The molecule has 0 spiro atoms. The average molecular weight is 606 g/mol. The van der Waals surface area contributed by atoms with E-state index in [9.17, 15) is 27.2 Å². The van der Waals surface area contributed by atoms with E-state index in [1.165, 1.54) is 29.2 Å². The Kier molecular flexibility index (Phi) is 9.55. The largest absolute Gasteiger partial charge is 0.352 e. The van der Waals surface area contributed by atoms with Gasteiger partial charge in [-0.3, -0.25) is 14.4 Å². The molecule has 1 atom stereocenters. The van der Waals surface area contributed by atoms with E-state index in [4.69, 9.17) is 0 Å². The molecule has 10 heteroatoms. The molecule has 0 aromatic heterocycles. The predicted octanol–water partition coefficient (Wildman–Crippen LogP) is 4.84. The number of fused-ring (bicyclic) bond motifs is 1. The third kappa shape index (κ3) is 7.13. The average Bonchev–Trinajstić information content (AvgIpc) is 3.21. The van der Waals surface area contributed by atoms with Gasteiger partial charge in [-0.05, 0) is 54.7 Å². The maximum Gasteiger partial charge on any atom is 0.269 e. The van der Waals surface area contributed by atoms with Crippen LogP contribution < -0.4 is 5.32 Å². The lowest BCUT2D eigenvalue weighted by Crippen LogP contribution is -2.52. The quantitative estimate of drug-likeness (QED) is 0.337. The van der Waals surface area contributed by atoms with Crippen LogP contribution in [0.5, 0.6) is 0 Å². The minimum atomic E-state index is -3.99. The lowest BCUT2D eigenvalue weighted by Gasteiger charge is -2.33. The molecular weight excluding hydrogens is 569 g/mol. The highest BCUT2D eigenvalue weighted by Crippen LogP contribution is 2.30. The van der Waals surface area contributed by atoms with E-state index in [1.807, 2.05) is 30.3 Å². The van der Waals surface area contributed by atoms with Gasteiger partial charge in [-0.1, -0.05) is 73.9 Å². The molecule has 2 aliphatic rings. The fraction of sp³-hybridized carbons (Fsp3) is 0.364. The first kappa shape index (κ1) is 30.4. The van der Waals surface area contributed by atoms with Crippen molar-refractivity contribution in [3.8, 4) is 0 Å². The second kappa shape index (κ2) is 13.5. The van der Waals surface area contributed by atoms with E-state index in [-0.39, 0.29) is 60.7 Å². The van der Waals surface area contributed by atoms with Crippen LogP contribution in [-0.4, -0.2) is 54.0 Å². The Hall–Kier alpha value is -4.05. The maximum atomic E-state index is 13.9. The van der Waals surface area contributed by atoms with Crippen LogP contribution >= 0.6 is 0 Å². The summed E-state index contributed by atoms with van der Waals surface area (Å²) >= 11 is 0. The molecule has 1 N–H and O–H groups in total. The van der Waals surface area contributed by atoms with E-state index in [0.29, 0.717) is 5.56 Å². The summed E-state index contributed by atoms with van der Waals surface area (Å²) in [5.41, 5.74) is 1.66. The summed E-state index contributed by atoms with van der Waals surface area (Å²) in [4.78, 5) is 42.1. The van der Waals surface area contributed by atoms with Gasteiger partial charge in [-0.15, -0.1) is 0 Å². The number of nitrogens with one attached hydrogen (secondary N) is 1. The van der Waals surface area contributed by atoms with E-state index < -0.39 is 27.8 Å². The Morgan fingerprint density at radius 3 is 2.28 bits per heavy atom. The molecule has 0 radical (unpaired) electrons. The lowest BCUT2D eigenvalue weighted by atomic mass is 9.94. The zero-order valence-corrected chi connectivity index (χ0v) is 24.8. The number of nitrogens with zero attached hydrogens (tertiary/aromatic N) is 2. The molecule has 0 bridgehead atoms. The Bertz CT molecular complexity index is 1560. The standard InChI is InChI=1S/C33H36FN3O5S/c34-26-19-17-25(18-20-26)23-36(29(22-24-10-3-1-4-11-24)32(39)35-27-12-5-2-6-13-27)31(38)16-9-21-37-33(40)28-14-7-8-15-30(28)43(37,41)42/h1,3-4,7-8,10-11,14-15,17-20,27,29H,2,5-6,9,12-13,16,21-23H2,(H,35,39)/t29-/m1/s1. The van der Waals surface area contributed by atoms with Crippen LogP contribution in [0, 0.1) is 5.82 Å². The molecule has 5 rings (SSSR count). The highest BCUT2D eigenvalue weighted by molar-refractivity contribution is 7.90. The molecule has 3 aromatic rings. The first-order valence-corrected chi connectivity index (χ1v) is 16.2. The molecule has 3 aromatic carbocycles. The number of rotatable bonds is 11. The second-order valence-corrected chi connectivity index (χ2v) is 13.0. The number of sulfonamides is 1. The van der Waals surface area contributed by atoms with Gasteiger partial charge in [0.2, 0.25) is 11.8 Å². The first-order chi connectivity index (χ1) is 20.7. The zero-order valence-electron chi connectivity index (χ0n) is 24.0. The summed E-state index contributed by atoms with van der Waals surface area (Å²) in [6, 6.07) is 20.5. The highest BCUT2D eigenvalue weighted by atomic mass is 32.2. The minimum absolute atomic E-state index is 0.0356. The topological polar surface area (TPSA) is 104 Å². The Morgan fingerprint density at radius 2 is 1.58 bits per heavy atom. The van der Waals surface area contributed by atoms with E-state index in [0.717, 1.165) is 42.0 Å². The van der Waals surface area contributed by atoms with E-state index in [1.54, 1.807) is 24.3 Å². The van der Waals surface area contributed by atoms with Crippen LogP contribution in [0.15, 0.2) is 83.8 Å². The van der Waals surface area contributed by atoms with Crippen molar-refractivity contribution in [1.82, 2.24) is 14.5 Å². The number of benzene rings is 3. The molecule has 8 nitrogen and oxygen atoms in total. The van der Waals surface area contributed by atoms with Gasteiger partial charge >= 0.3 is 0 Å². The minimum Gasteiger partial charge on any atom is -0.352 e. The van der Waals surface area contributed by atoms with Gasteiger partial charge in [-0.2, -0.15) is 0 Å². The number of amides is 3. The Labute approximate surface area is 251 Å². The van der Waals surface area contributed by atoms with Crippen molar-refractivity contribution in [3.05, 3.63) is 101 Å². The van der Waals surface area contributed by atoms with Gasteiger partial charge in [0.15, 0.2) is 0 Å². The fourth-order valence-electron chi connectivity index (χ4n) is 5.85. The zero-order chi connectivity index (χ0) is 30.4. The van der Waals surface area contributed by atoms with Crippen molar-refractivity contribution in [2.45, 2.75) is 74.9 Å². The summed E-state index contributed by atoms with van der Waals surface area (Å²) in [6.45, 7) is -0.0926. The first-order valence-electron chi connectivity index (χ1n) is 14.8. The van der Waals surface area contributed by atoms with Crippen LogP contribution in [0.25, 0.3) is 0 Å². The monoisotopic (exact) mass is 605 g/mol. The van der Waals surface area contributed by atoms with Crippen molar-refractivity contribution in [1.29, 1.82) is 0 Å². The van der Waals surface area contributed by atoms with Crippen LogP contribution in [0.4, 0.5) is 4.39 Å². The highest BCUT2D eigenvalue weighted by Gasteiger charge is 2.40. The predicted molar refractivity (Wildman–Crippen MR) is 160 cm³/mol. The van der Waals surface area contributed by atoms with Crippen molar-refractivity contribution in [2.75, 3.05) is 6.54 Å². The van der Waals surface area contributed by atoms with Gasteiger partial charge < -0.3 is 10.2 Å². The third-order valence-corrected chi connectivity index (χ3v) is 9.99. The molecule has 1 aliphatic heterocycles. The number of carbonyl (C=O) groups is 3. The maximum absolute atomic E-state index is 13.9. The molecular formula is C33H36FN3O5S. The summed E-state index contributed by atoms with van der Waals surface area (Å²) in [6.07, 6.45) is 5.25. The summed E-state index contributed by atoms with van der Waals surface area (Å²) < 4.78 is 40.5. The van der Waals surface area contributed by atoms with Gasteiger partial charge in [-0.25, -0.2) is 17.1 Å². The van der Waals surface area contributed by atoms with Gasteiger partial charge in [0.05, 0.1) is 5.56 Å². The molecule has 3 amide bonds. The summed E-state index contributed by atoms with van der Waals surface area (Å²) in [5, 5.41) is 3.17. The van der Waals surface area contributed by atoms with Crippen molar-refractivity contribution in [3.63, 3.8) is 0 Å². The fourth-order valence-corrected chi connectivity index (χ4v) is 7.46. The van der Waals surface area contributed by atoms with Crippen molar-refractivity contribution >= 4 is 27.7 Å². The molecule has 43 heavy (non-hydrogen) atoms. The van der Waals surface area contributed by atoms with Crippen molar-refractivity contribution in [2.24, 2.45) is 0 Å². The van der Waals surface area contributed by atoms with Crippen LogP contribution in [0.1, 0.15) is 66.4 Å². The molecule has 1 aliphatic carbocycles. The van der Waals surface area contributed by atoms with Gasteiger partial charge in [0.1, 0.15) is 16.8 Å². The number of carbonyl (C=O) groups excluding carboxylic acids is 3. The smallest absolute Gasteiger partial charge is 0.269 e. The normalized spacial score (nSPS) is 16.9. The molecule has 0 saturated heterocycles. The Morgan fingerprint density at radius 1 is 0.907 bits per heavy atom. The van der Waals surface area contributed by atoms with Gasteiger partial charge in [0, 0.05) is 32.0 Å². The van der Waals surface area contributed by atoms with Crippen LogP contribution in [-0.2, 0) is 32.6 Å². The van der Waals surface area contributed by atoms with E-state index in [2.05, 4.69) is 5.32 Å². The van der Waals surface area contributed by atoms with Crippen molar-refractivity contribution < 1.29 is 27.2 Å². The molecule has 1 saturated carbocycles. The SMILES string of the molecule is O=C(NC1CCCCC1)[C@@H](Cc1ccccc1)N(Cc1ccc(F)cc1)C(=O)CCCN1C(=O)c2ccccc2S1(=O)=O. The number of halogens is 1. The number of hydrogen-bond donors (Lipinski definition) is 1. The van der Waals surface area contributed by atoms with Crippen LogP contribution in [0.2, 0.25) is 0 Å². The molecule has 226 valence electrons. The Balaban J connectivity index is 1.37. The molecule has 0 unspecified atom stereocenters. The second-order valence-electron chi connectivity index (χ2n) is 11.2. The van der Waals surface area contributed by atoms with Gasteiger partial charge in [0.25, 0.3) is 15.9 Å².